The van der Waals surface area contributed by atoms with Gasteiger partial charge < -0.3 is 14.5 Å². The molecule has 3 rings (SSSR count). The SMILES string of the molecule is CCOC(=O)C1CC(=O)N(c2ccc(N3CCCCC3)cc2)C1. The molecule has 1 aromatic rings. The number of carbonyl (C=O) groups excluding carboxylic acids is 2. The molecule has 0 saturated carbocycles. The maximum atomic E-state index is 12.2. The van der Waals surface area contributed by atoms with Crippen molar-refractivity contribution in [2.75, 3.05) is 36.0 Å². The van der Waals surface area contributed by atoms with Crippen LogP contribution >= 0.6 is 0 Å². The maximum Gasteiger partial charge on any atom is 0.311 e. The molecule has 1 unspecified atom stereocenters. The van der Waals surface area contributed by atoms with Gasteiger partial charge in [-0.1, -0.05) is 0 Å². The molecule has 23 heavy (non-hydrogen) atoms. The van der Waals surface area contributed by atoms with Gasteiger partial charge in [-0.15, -0.1) is 0 Å². The molecule has 0 spiro atoms. The zero-order valence-corrected chi connectivity index (χ0v) is 13.7. The molecular formula is C18H24N2O3. The van der Waals surface area contributed by atoms with Gasteiger partial charge in [0, 0.05) is 37.4 Å². The zero-order chi connectivity index (χ0) is 16.2. The highest BCUT2D eigenvalue weighted by Gasteiger charge is 2.36. The molecule has 2 heterocycles. The molecule has 0 radical (unpaired) electrons. The van der Waals surface area contributed by atoms with Crippen molar-refractivity contribution < 1.29 is 14.3 Å². The Morgan fingerprint density at radius 3 is 2.43 bits per heavy atom. The number of nitrogens with zero attached hydrogens (tertiary/aromatic N) is 2. The smallest absolute Gasteiger partial charge is 0.311 e. The van der Waals surface area contributed by atoms with Gasteiger partial charge in [0.1, 0.15) is 0 Å². The predicted molar refractivity (Wildman–Crippen MR) is 89.6 cm³/mol. The number of ether oxygens (including phenoxy) is 1. The van der Waals surface area contributed by atoms with E-state index in [1.54, 1.807) is 11.8 Å². The van der Waals surface area contributed by atoms with E-state index in [0.717, 1.165) is 18.8 Å². The van der Waals surface area contributed by atoms with Crippen LogP contribution in [0.15, 0.2) is 24.3 Å². The first-order valence-corrected chi connectivity index (χ1v) is 8.51. The molecule has 1 atom stereocenters. The van der Waals surface area contributed by atoms with Crippen LogP contribution in [0.2, 0.25) is 0 Å². The number of anilines is 2. The van der Waals surface area contributed by atoms with Gasteiger partial charge in [-0.2, -0.15) is 0 Å². The Bertz CT molecular complexity index is 564. The summed E-state index contributed by atoms with van der Waals surface area (Å²) in [5, 5.41) is 0. The van der Waals surface area contributed by atoms with Crippen LogP contribution in [0.5, 0.6) is 0 Å². The summed E-state index contributed by atoms with van der Waals surface area (Å²) >= 11 is 0. The number of amides is 1. The van der Waals surface area contributed by atoms with Crippen LogP contribution in [0, 0.1) is 5.92 Å². The lowest BCUT2D eigenvalue weighted by Crippen LogP contribution is -2.29. The number of piperidine rings is 1. The quantitative estimate of drug-likeness (QED) is 0.801. The highest BCUT2D eigenvalue weighted by molar-refractivity contribution is 5.99. The molecule has 124 valence electrons. The van der Waals surface area contributed by atoms with E-state index in [4.69, 9.17) is 4.74 Å². The van der Waals surface area contributed by atoms with E-state index in [1.165, 1.54) is 24.9 Å². The molecule has 5 heteroatoms. The van der Waals surface area contributed by atoms with Crippen molar-refractivity contribution in [3.8, 4) is 0 Å². The van der Waals surface area contributed by atoms with Gasteiger partial charge >= 0.3 is 5.97 Å². The summed E-state index contributed by atoms with van der Waals surface area (Å²) in [6.45, 7) is 4.76. The maximum absolute atomic E-state index is 12.2. The lowest BCUT2D eigenvalue weighted by molar-refractivity contribution is -0.147. The molecular weight excluding hydrogens is 292 g/mol. The monoisotopic (exact) mass is 316 g/mol. The van der Waals surface area contributed by atoms with Gasteiger partial charge in [0.25, 0.3) is 0 Å². The fourth-order valence-corrected chi connectivity index (χ4v) is 3.37. The Balaban J connectivity index is 1.67. The van der Waals surface area contributed by atoms with Crippen molar-refractivity contribution >= 4 is 23.3 Å². The van der Waals surface area contributed by atoms with E-state index in [0.29, 0.717) is 13.2 Å². The lowest BCUT2D eigenvalue weighted by Gasteiger charge is -2.29. The van der Waals surface area contributed by atoms with Crippen molar-refractivity contribution in [1.82, 2.24) is 0 Å². The molecule has 0 bridgehead atoms. The second kappa shape index (κ2) is 7.02. The third-order valence-corrected chi connectivity index (χ3v) is 4.63. The Labute approximate surface area is 137 Å². The first kappa shape index (κ1) is 15.8. The molecule has 2 aliphatic rings. The Morgan fingerprint density at radius 1 is 1.13 bits per heavy atom. The van der Waals surface area contributed by atoms with Crippen molar-refractivity contribution in [2.45, 2.75) is 32.6 Å². The van der Waals surface area contributed by atoms with Crippen LogP contribution in [-0.4, -0.2) is 38.1 Å². The van der Waals surface area contributed by atoms with Gasteiger partial charge in [0.05, 0.1) is 12.5 Å². The summed E-state index contributed by atoms with van der Waals surface area (Å²) in [7, 11) is 0. The van der Waals surface area contributed by atoms with Crippen LogP contribution < -0.4 is 9.80 Å². The van der Waals surface area contributed by atoms with E-state index in [1.807, 2.05) is 12.1 Å². The number of benzene rings is 1. The number of carbonyl (C=O) groups is 2. The van der Waals surface area contributed by atoms with E-state index >= 15 is 0 Å². The highest BCUT2D eigenvalue weighted by atomic mass is 16.5. The summed E-state index contributed by atoms with van der Waals surface area (Å²) in [6, 6.07) is 8.11. The minimum absolute atomic E-state index is 0.00576. The molecule has 2 aliphatic heterocycles. The first-order valence-electron chi connectivity index (χ1n) is 8.51. The molecule has 0 N–H and O–H groups in total. The lowest BCUT2D eigenvalue weighted by atomic mass is 10.1. The van der Waals surface area contributed by atoms with Crippen LogP contribution in [0.25, 0.3) is 0 Å². The normalized spacial score (nSPS) is 21.6. The van der Waals surface area contributed by atoms with Crippen molar-refractivity contribution in [3.05, 3.63) is 24.3 Å². The minimum Gasteiger partial charge on any atom is -0.466 e. The van der Waals surface area contributed by atoms with Crippen molar-refractivity contribution in [3.63, 3.8) is 0 Å². The predicted octanol–water partition coefficient (Wildman–Crippen LogP) is 2.59. The average molecular weight is 316 g/mol. The molecule has 1 aromatic carbocycles. The van der Waals surface area contributed by atoms with Crippen molar-refractivity contribution in [1.29, 1.82) is 0 Å². The zero-order valence-electron chi connectivity index (χ0n) is 13.7. The topological polar surface area (TPSA) is 49.9 Å². The third kappa shape index (κ3) is 3.49. The van der Waals surface area contributed by atoms with Crippen LogP contribution in [0.3, 0.4) is 0 Å². The summed E-state index contributed by atoms with van der Waals surface area (Å²) in [5.41, 5.74) is 2.07. The minimum atomic E-state index is -0.343. The van der Waals surface area contributed by atoms with Crippen LogP contribution in [0.4, 0.5) is 11.4 Å². The molecule has 1 amide bonds. The fraction of sp³-hybridized carbons (Fsp3) is 0.556. The molecule has 0 aliphatic carbocycles. The molecule has 2 fully saturated rings. The molecule has 2 saturated heterocycles. The second-order valence-corrected chi connectivity index (χ2v) is 6.22. The van der Waals surface area contributed by atoms with E-state index in [-0.39, 0.29) is 24.2 Å². The number of rotatable bonds is 4. The summed E-state index contributed by atoms with van der Waals surface area (Å²) < 4.78 is 5.03. The van der Waals surface area contributed by atoms with Gasteiger partial charge in [-0.3, -0.25) is 9.59 Å². The fourth-order valence-electron chi connectivity index (χ4n) is 3.37. The van der Waals surface area contributed by atoms with Gasteiger partial charge in [-0.05, 0) is 50.5 Å². The number of esters is 1. The highest BCUT2D eigenvalue weighted by Crippen LogP contribution is 2.28. The van der Waals surface area contributed by atoms with E-state index < -0.39 is 0 Å². The first-order chi connectivity index (χ1) is 11.2. The summed E-state index contributed by atoms with van der Waals surface area (Å²) in [4.78, 5) is 28.1. The molecule has 0 aromatic heterocycles. The van der Waals surface area contributed by atoms with Gasteiger partial charge in [0.15, 0.2) is 0 Å². The largest absolute Gasteiger partial charge is 0.466 e. The van der Waals surface area contributed by atoms with Crippen LogP contribution in [0.1, 0.15) is 32.6 Å². The van der Waals surface area contributed by atoms with Crippen molar-refractivity contribution in [2.24, 2.45) is 5.92 Å². The molecule has 5 nitrogen and oxygen atoms in total. The summed E-state index contributed by atoms with van der Waals surface area (Å²) in [5.74, 6) is -0.619. The second-order valence-electron chi connectivity index (χ2n) is 6.22. The van der Waals surface area contributed by atoms with Gasteiger partial charge in [0.2, 0.25) is 5.91 Å². The summed E-state index contributed by atoms with van der Waals surface area (Å²) in [6.07, 6.45) is 4.04. The van der Waals surface area contributed by atoms with E-state index in [2.05, 4.69) is 17.0 Å². The Hall–Kier alpha value is -2.04. The average Bonchev–Trinajstić information content (AvgIpc) is 2.98. The number of hydrogen-bond donors (Lipinski definition) is 0. The standard InChI is InChI=1S/C18H24N2O3/c1-2-23-18(22)14-12-17(21)20(13-14)16-8-6-15(7-9-16)19-10-4-3-5-11-19/h6-9,14H,2-5,10-13H2,1H3. The van der Waals surface area contributed by atoms with E-state index in [9.17, 15) is 9.59 Å². The van der Waals surface area contributed by atoms with Gasteiger partial charge in [-0.25, -0.2) is 0 Å². The Kier molecular flexibility index (Phi) is 4.84. The third-order valence-electron chi connectivity index (χ3n) is 4.63. The van der Waals surface area contributed by atoms with Crippen LogP contribution in [-0.2, 0) is 14.3 Å². The number of hydrogen-bond acceptors (Lipinski definition) is 4. The Morgan fingerprint density at radius 2 is 1.78 bits per heavy atom.